The zero-order chi connectivity index (χ0) is 11.4. The first kappa shape index (κ1) is 10.8. The average molecular weight is 233 g/mol. The van der Waals surface area contributed by atoms with Crippen molar-refractivity contribution in [3.05, 3.63) is 42.7 Å². The molecule has 0 amide bonds. The van der Waals surface area contributed by atoms with Gasteiger partial charge >= 0.3 is 0 Å². The zero-order valence-electron chi connectivity index (χ0n) is 8.75. The molecule has 82 valence electrons. The van der Waals surface area contributed by atoms with Gasteiger partial charge in [-0.1, -0.05) is 18.2 Å². The number of nitrogens with zero attached hydrogens (tertiary/aromatic N) is 2. The van der Waals surface area contributed by atoms with Crippen molar-refractivity contribution in [3.63, 3.8) is 0 Å². The molecule has 1 N–H and O–H groups in total. The van der Waals surface area contributed by atoms with E-state index in [0.29, 0.717) is 10.8 Å². The lowest BCUT2D eigenvalue weighted by Gasteiger charge is -2.05. The van der Waals surface area contributed by atoms with Gasteiger partial charge in [0, 0.05) is 18.0 Å². The third-order valence-corrected chi connectivity index (χ3v) is 2.80. The molecule has 2 aromatic rings. The highest BCUT2D eigenvalue weighted by Crippen LogP contribution is 2.14. The highest BCUT2D eigenvalue weighted by Gasteiger charge is 2.01. The predicted octanol–water partition coefficient (Wildman–Crippen LogP) is 1.96. The topological polar surface area (TPSA) is 54.9 Å². The van der Waals surface area contributed by atoms with Crippen LogP contribution in [0.25, 0.3) is 0 Å². The van der Waals surface area contributed by atoms with E-state index in [9.17, 15) is 4.21 Å². The van der Waals surface area contributed by atoms with Gasteiger partial charge < -0.3 is 5.32 Å². The maximum atomic E-state index is 11.2. The van der Waals surface area contributed by atoms with E-state index in [2.05, 4.69) is 15.3 Å². The van der Waals surface area contributed by atoms with Crippen molar-refractivity contribution in [2.45, 2.75) is 5.03 Å². The van der Waals surface area contributed by atoms with E-state index in [0.717, 1.165) is 5.69 Å². The minimum Gasteiger partial charge on any atom is -0.340 e. The van der Waals surface area contributed by atoms with Gasteiger partial charge in [-0.05, 0) is 12.1 Å². The molecule has 0 spiro atoms. The normalized spacial score (nSPS) is 12.1. The fourth-order valence-electron chi connectivity index (χ4n) is 1.23. The summed E-state index contributed by atoms with van der Waals surface area (Å²) in [6, 6.07) is 11.4. The van der Waals surface area contributed by atoms with E-state index >= 15 is 0 Å². The molecule has 0 aliphatic rings. The molecule has 0 fully saturated rings. The fourth-order valence-corrected chi connectivity index (χ4v) is 1.71. The van der Waals surface area contributed by atoms with Crippen LogP contribution >= 0.6 is 0 Å². The molecule has 0 saturated carbocycles. The number of anilines is 2. The quantitative estimate of drug-likeness (QED) is 0.823. The summed E-state index contributed by atoms with van der Waals surface area (Å²) in [6.07, 6.45) is 3.00. The molecule has 5 heteroatoms. The Kier molecular flexibility index (Phi) is 3.26. The second-order valence-electron chi connectivity index (χ2n) is 3.19. The van der Waals surface area contributed by atoms with Gasteiger partial charge in [-0.25, -0.2) is 9.97 Å². The van der Waals surface area contributed by atoms with Gasteiger partial charge in [0.2, 0.25) is 0 Å². The van der Waals surface area contributed by atoms with E-state index in [1.807, 2.05) is 30.3 Å². The van der Waals surface area contributed by atoms with Gasteiger partial charge in [0.25, 0.3) is 0 Å². The van der Waals surface area contributed by atoms with Crippen LogP contribution in [0.1, 0.15) is 0 Å². The molecule has 0 radical (unpaired) electrons. The third-order valence-electron chi connectivity index (χ3n) is 1.98. The fraction of sp³-hybridized carbons (Fsp3) is 0.0909. The summed E-state index contributed by atoms with van der Waals surface area (Å²) in [6.45, 7) is 0. The van der Waals surface area contributed by atoms with Gasteiger partial charge in [-0.3, -0.25) is 4.21 Å². The number of aromatic nitrogens is 2. The van der Waals surface area contributed by atoms with Crippen molar-refractivity contribution >= 4 is 22.3 Å². The molecule has 0 saturated heterocycles. The number of hydrogen-bond donors (Lipinski definition) is 1. The number of nitrogens with one attached hydrogen (secondary N) is 1. The standard InChI is InChI=1S/C11H11N3OS/c1-16(15)11-7-10(12-8-13-11)14-9-5-3-2-4-6-9/h2-8H,1H3,(H,12,13,14). The molecule has 1 atom stereocenters. The number of rotatable bonds is 3. The van der Waals surface area contributed by atoms with Gasteiger partial charge in [0.1, 0.15) is 17.2 Å². The van der Waals surface area contributed by atoms with E-state index in [4.69, 9.17) is 0 Å². The molecule has 1 unspecified atom stereocenters. The molecular formula is C11H11N3OS. The van der Waals surface area contributed by atoms with Crippen molar-refractivity contribution in [2.75, 3.05) is 11.6 Å². The first-order chi connectivity index (χ1) is 7.75. The van der Waals surface area contributed by atoms with Gasteiger partial charge in [-0.2, -0.15) is 0 Å². The maximum absolute atomic E-state index is 11.2. The minimum absolute atomic E-state index is 0.522. The van der Waals surface area contributed by atoms with Crippen molar-refractivity contribution in [1.29, 1.82) is 0 Å². The lowest BCUT2D eigenvalue weighted by Crippen LogP contribution is -1.98. The Morgan fingerprint density at radius 1 is 1.19 bits per heavy atom. The molecule has 1 aromatic heterocycles. The second-order valence-corrected chi connectivity index (χ2v) is 4.51. The Morgan fingerprint density at radius 2 is 1.94 bits per heavy atom. The van der Waals surface area contributed by atoms with E-state index in [1.165, 1.54) is 6.33 Å². The van der Waals surface area contributed by atoms with E-state index in [1.54, 1.807) is 12.3 Å². The summed E-state index contributed by atoms with van der Waals surface area (Å²) in [5.74, 6) is 0.645. The van der Waals surface area contributed by atoms with Crippen LogP contribution in [0.4, 0.5) is 11.5 Å². The largest absolute Gasteiger partial charge is 0.340 e. The van der Waals surface area contributed by atoms with Crippen LogP contribution in [0.2, 0.25) is 0 Å². The Hall–Kier alpha value is -1.75. The molecule has 1 aromatic carbocycles. The van der Waals surface area contributed by atoms with Gasteiger partial charge in [0.15, 0.2) is 0 Å². The molecule has 1 heterocycles. The van der Waals surface area contributed by atoms with Crippen LogP contribution in [0.3, 0.4) is 0 Å². The van der Waals surface area contributed by atoms with Crippen LogP contribution in [0, 0.1) is 0 Å². The van der Waals surface area contributed by atoms with Crippen LogP contribution in [0.15, 0.2) is 47.8 Å². The van der Waals surface area contributed by atoms with Crippen molar-refractivity contribution in [3.8, 4) is 0 Å². The molecule has 0 aliphatic heterocycles. The van der Waals surface area contributed by atoms with Crippen molar-refractivity contribution in [2.24, 2.45) is 0 Å². The lowest BCUT2D eigenvalue weighted by molar-refractivity contribution is 0.684. The summed E-state index contributed by atoms with van der Waals surface area (Å²) in [7, 11) is -1.09. The predicted molar refractivity (Wildman–Crippen MR) is 64.1 cm³/mol. The highest BCUT2D eigenvalue weighted by molar-refractivity contribution is 7.84. The Morgan fingerprint density at radius 3 is 2.62 bits per heavy atom. The Bertz CT molecular complexity index is 502. The molecule has 4 nitrogen and oxygen atoms in total. The smallest absolute Gasteiger partial charge is 0.134 e. The summed E-state index contributed by atoms with van der Waals surface area (Å²) >= 11 is 0. The second kappa shape index (κ2) is 4.85. The van der Waals surface area contributed by atoms with Crippen LogP contribution in [-0.2, 0) is 10.8 Å². The molecule has 0 bridgehead atoms. The summed E-state index contributed by atoms with van der Waals surface area (Å²) < 4.78 is 11.2. The zero-order valence-corrected chi connectivity index (χ0v) is 9.57. The van der Waals surface area contributed by atoms with E-state index in [-0.39, 0.29) is 0 Å². The van der Waals surface area contributed by atoms with E-state index < -0.39 is 10.8 Å². The molecule has 16 heavy (non-hydrogen) atoms. The van der Waals surface area contributed by atoms with Crippen molar-refractivity contribution in [1.82, 2.24) is 9.97 Å². The monoisotopic (exact) mass is 233 g/mol. The summed E-state index contributed by atoms with van der Waals surface area (Å²) in [5, 5.41) is 3.64. The molecular weight excluding hydrogens is 222 g/mol. The molecule has 2 rings (SSSR count). The molecule has 0 aliphatic carbocycles. The van der Waals surface area contributed by atoms with Crippen LogP contribution in [-0.4, -0.2) is 20.4 Å². The SMILES string of the molecule is CS(=O)c1cc(Nc2ccccc2)ncn1. The van der Waals surface area contributed by atoms with Gasteiger partial charge in [0.05, 0.1) is 10.8 Å². The highest BCUT2D eigenvalue weighted by atomic mass is 32.2. The average Bonchev–Trinajstić information content (AvgIpc) is 2.30. The number of benzene rings is 1. The maximum Gasteiger partial charge on any atom is 0.134 e. The van der Waals surface area contributed by atoms with Crippen LogP contribution in [0.5, 0.6) is 0 Å². The first-order valence-corrected chi connectivity index (χ1v) is 6.29. The van der Waals surface area contributed by atoms with Crippen LogP contribution < -0.4 is 5.32 Å². The number of hydrogen-bond acceptors (Lipinski definition) is 4. The summed E-state index contributed by atoms with van der Waals surface area (Å²) in [4.78, 5) is 7.99. The summed E-state index contributed by atoms with van der Waals surface area (Å²) in [5.41, 5.74) is 0.939. The first-order valence-electron chi connectivity index (χ1n) is 4.73. The number of para-hydroxylation sites is 1. The van der Waals surface area contributed by atoms with Crippen molar-refractivity contribution < 1.29 is 4.21 Å². The van der Waals surface area contributed by atoms with Gasteiger partial charge in [-0.15, -0.1) is 0 Å². The Labute approximate surface area is 96.2 Å². The lowest BCUT2D eigenvalue weighted by atomic mass is 10.3. The Balaban J connectivity index is 2.22. The minimum atomic E-state index is -1.09. The third kappa shape index (κ3) is 2.64.